The van der Waals surface area contributed by atoms with E-state index in [2.05, 4.69) is 43.0 Å². The molecule has 2 fully saturated rings. The number of carbonyl (C=O) groups excluding carboxylic acids is 2. The Morgan fingerprint density at radius 3 is 2.67 bits per heavy atom. The number of aromatic nitrogens is 3. The molecule has 0 radical (unpaired) electrons. The fourth-order valence-electron chi connectivity index (χ4n) is 5.01. The van der Waals surface area contributed by atoms with Gasteiger partial charge in [-0.1, -0.05) is 12.2 Å². The van der Waals surface area contributed by atoms with Crippen LogP contribution in [0.15, 0.2) is 40.0 Å². The summed E-state index contributed by atoms with van der Waals surface area (Å²) < 4.78 is 5.30. The van der Waals surface area contributed by atoms with Gasteiger partial charge in [-0.2, -0.15) is 5.10 Å². The quantitative estimate of drug-likeness (QED) is 0.146. The first-order chi connectivity index (χ1) is 15.7. The molecule has 176 valence electrons. The van der Waals surface area contributed by atoms with Crippen molar-refractivity contribution in [1.29, 1.82) is 0 Å². The third-order valence-corrected chi connectivity index (χ3v) is 6.43. The number of H-pyrrole nitrogens is 1. The van der Waals surface area contributed by atoms with E-state index >= 15 is 0 Å². The first kappa shape index (κ1) is 23.5. The van der Waals surface area contributed by atoms with Crippen molar-refractivity contribution < 1.29 is 14.0 Å². The van der Waals surface area contributed by atoms with Gasteiger partial charge in [-0.25, -0.2) is 4.98 Å². The molecular formula is C22H28IN7O3. The number of fused-ring (bicyclic) bond motifs is 5. The van der Waals surface area contributed by atoms with Gasteiger partial charge in [0.05, 0.1) is 18.1 Å². The predicted octanol–water partition coefficient (Wildman–Crippen LogP) is 1.59. The molecule has 1 aliphatic heterocycles. The van der Waals surface area contributed by atoms with Crippen molar-refractivity contribution in [2.75, 3.05) is 26.2 Å². The number of allylic oxidation sites excluding steroid dienone is 2. The van der Waals surface area contributed by atoms with E-state index in [1.807, 2.05) is 13.0 Å². The van der Waals surface area contributed by atoms with Crippen molar-refractivity contribution in [1.82, 2.24) is 30.7 Å². The normalized spacial score (nSPS) is 25.5. The van der Waals surface area contributed by atoms with Crippen LogP contribution in [0.1, 0.15) is 19.2 Å². The van der Waals surface area contributed by atoms with E-state index in [0.29, 0.717) is 50.1 Å². The second-order valence-electron chi connectivity index (χ2n) is 8.35. The van der Waals surface area contributed by atoms with Crippen LogP contribution in [0.5, 0.6) is 0 Å². The Balaban J connectivity index is 0.00000259. The molecule has 33 heavy (non-hydrogen) atoms. The number of hydrogen-bond acceptors (Lipinski definition) is 6. The maximum Gasteiger partial charge on any atom is 0.233 e. The zero-order valence-electron chi connectivity index (χ0n) is 18.4. The smallest absolute Gasteiger partial charge is 0.233 e. The Morgan fingerprint density at radius 1 is 1.24 bits per heavy atom. The summed E-state index contributed by atoms with van der Waals surface area (Å²) in [7, 11) is 0. The average Bonchev–Trinajstić information content (AvgIpc) is 3.60. The highest BCUT2D eigenvalue weighted by Crippen LogP contribution is 2.52. The van der Waals surface area contributed by atoms with Gasteiger partial charge in [0.2, 0.25) is 17.6 Å². The van der Waals surface area contributed by atoms with Crippen molar-refractivity contribution in [2.24, 2.45) is 28.7 Å². The van der Waals surface area contributed by atoms with E-state index in [0.717, 1.165) is 12.2 Å². The maximum atomic E-state index is 12.8. The average molecular weight is 565 g/mol. The van der Waals surface area contributed by atoms with Gasteiger partial charge in [-0.3, -0.25) is 24.6 Å². The molecule has 1 saturated carbocycles. The van der Waals surface area contributed by atoms with E-state index in [1.54, 1.807) is 12.3 Å². The van der Waals surface area contributed by atoms with Crippen molar-refractivity contribution in [3.63, 3.8) is 0 Å². The fourth-order valence-corrected chi connectivity index (χ4v) is 5.01. The molecule has 5 rings (SSSR count). The number of amides is 2. The topological polar surface area (TPSA) is 129 Å². The number of halogens is 1. The summed E-state index contributed by atoms with van der Waals surface area (Å²) >= 11 is 0. The molecule has 10 nitrogen and oxygen atoms in total. The Morgan fingerprint density at radius 2 is 2.00 bits per heavy atom. The number of aromatic amines is 1. The molecule has 3 aliphatic rings. The number of guanidine groups is 1. The second-order valence-corrected chi connectivity index (χ2v) is 8.35. The largest absolute Gasteiger partial charge is 0.461 e. The van der Waals surface area contributed by atoms with Gasteiger partial charge >= 0.3 is 0 Å². The Kier molecular flexibility index (Phi) is 7.15. The minimum atomic E-state index is -0.146. The van der Waals surface area contributed by atoms with E-state index in [9.17, 15) is 9.59 Å². The van der Waals surface area contributed by atoms with Crippen LogP contribution in [0.25, 0.3) is 11.6 Å². The van der Waals surface area contributed by atoms with Crippen molar-refractivity contribution >= 4 is 41.8 Å². The highest BCUT2D eigenvalue weighted by atomic mass is 127. The first-order valence-electron chi connectivity index (χ1n) is 11.2. The number of aliphatic imine (C=N–C) groups is 1. The lowest BCUT2D eigenvalue weighted by Gasteiger charge is -2.18. The van der Waals surface area contributed by atoms with Gasteiger partial charge in [-0.15, -0.1) is 24.0 Å². The summed E-state index contributed by atoms with van der Waals surface area (Å²) in [6.45, 7) is 4.00. The SMILES string of the molecule is CCNC(=NCCc1nc(-c2ccco2)n[nH]1)NCCN1C(=O)C2C3C=CC(C3)C2C1=O.I. The number of hydrogen-bond donors (Lipinski definition) is 3. The Bertz CT molecular complexity index is 1020. The van der Waals surface area contributed by atoms with Crippen molar-refractivity contribution in [3.05, 3.63) is 36.4 Å². The van der Waals surface area contributed by atoms with Gasteiger partial charge in [0.25, 0.3) is 0 Å². The summed E-state index contributed by atoms with van der Waals surface area (Å²) in [5.41, 5.74) is 0. The molecule has 0 aromatic carbocycles. The highest BCUT2D eigenvalue weighted by Gasteiger charge is 2.58. The molecule has 1 saturated heterocycles. The van der Waals surface area contributed by atoms with Crippen LogP contribution in [-0.4, -0.2) is 64.0 Å². The molecule has 3 N–H and O–H groups in total. The lowest BCUT2D eigenvalue weighted by atomic mass is 9.85. The van der Waals surface area contributed by atoms with Gasteiger partial charge in [0.1, 0.15) is 5.82 Å². The summed E-state index contributed by atoms with van der Waals surface area (Å²) in [5, 5.41) is 13.5. The van der Waals surface area contributed by atoms with Crippen LogP contribution < -0.4 is 10.6 Å². The first-order valence-corrected chi connectivity index (χ1v) is 11.2. The van der Waals surface area contributed by atoms with Crippen LogP contribution >= 0.6 is 24.0 Å². The predicted molar refractivity (Wildman–Crippen MR) is 132 cm³/mol. The number of imide groups is 1. The number of likely N-dealkylation sites (tertiary alicyclic amines) is 1. The molecule has 2 aromatic heterocycles. The van der Waals surface area contributed by atoms with E-state index < -0.39 is 0 Å². The summed E-state index contributed by atoms with van der Waals surface area (Å²) in [6, 6.07) is 3.60. The summed E-state index contributed by atoms with van der Waals surface area (Å²) in [6.07, 6.45) is 7.35. The van der Waals surface area contributed by atoms with Gasteiger partial charge in [0.15, 0.2) is 11.7 Å². The number of furan rings is 1. The van der Waals surface area contributed by atoms with Gasteiger partial charge in [0, 0.05) is 32.6 Å². The van der Waals surface area contributed by atoms with E-state index in [-0.39, 0.29) is 59.5 Å². The van der Waals surface area contributed by atoms with Crippen LogP contribution in [0.3, 0.4) is 0 Å². The lowest BCUT2D eigenvalue weighted by molar-refractivity contribution is -0.140. The highest BCUT2D eigenvalue weighted by molar-refractivity contribution is 14.0. The molecule has 3 heterocycles. The molecule has 2 bridgehead atoms. The molecule has 2 aliphatic carbocycles. The lowest BCUT2D eigenvalue weighted by Crippen LogP contribution is -2.43. The van der Waals surface area contributed by atoms with Crippen LogP contribution in [0, 0.1) is 23.7 Å². The zero-order valence-corrected chi connectivity index (χ0v) is 20.7. The fraction of sp³-hybridized carbons (Fsp3) is 0.500. The molecule has 2 aromatic rings. The summed E-state index contributed by atoms with van der Waals surface area (Å²) in [4.78, 5) is 36.0. The molecular weight excluding hydrogens is 537 g/mol. The third-order valence-electron chi connectivity index (χ3n) is 6.43. The van der Waals surface area contributed by atoms with E-state index in [4.69, 9.17) is 4.42 Å². The molecule has 0 spiro atoms. The van der Waals surface area contributed by atoms with Gasteiger partial charge < -0.3 is 15.1 Å². The Hall–Kier alpha value is -2.70. The van der Waals surface area contributed by atoms with Crippen molar-refractivity contribution in [3.8, 4) is 11.6 Å². The second kappa shape index (κ2) is 10.1. The van der Waals surface area contributed by atoms with Crippen LogP contribution in [-0.2, 0) is 16.0 Å². The molecule has 2 amide bonds. The number of rotatable bonds is 8. The minimum absolute atomic E-state index is 0. The molecule has 11 heteroatoms. The molecule has 4 atom stereocenters. The number of nitrogens with one attached hydrogen (secondary N) is 3. The zero-order chi connectivity index (χ0) is 22.1. The van der Waals surface area contributed by atoms with Gasteiger partial charge in [-0.05, 0) is 37.3 Å². The number of carbonyl (C=O) groups is 2. The van der Waals surface area contributed by atoms with Crippen LogP contribution in [0.2, 0.25) is 0 Å². The third kappa shape index (κ3) is 4.55. The minimum Gasteiger partial charge on any atom is -0.461 e. The maximum absolute atomic E-state index is 12.8. The monoisotopic (exact) mass is 565 g/mol. The van der Waals surface area contributed by atoms with Crippen LogP contribution in [0.4, 0.5) is 0 Å². The molecule has 4 unspecified atom stereocenters. The van der Waals surface area contributed by atoms with E-state index in [1.165, 1.54) is 4.90 Å². The number of nitrogens with zero attached hydrogens (tertiary/aromatic N) is 4. The van der Waals surface area contributed by atoms with Crippen molar-refractivity contribution in [2.45, 2.75) is 19.8 Å². The summed E-state index contributed by atoms with van der Waals surface area (Å²) in [5.74, 6) is 2.65. The standard InChI is InChI=1S/C22H27N7O3.HI/c1-2-23-22(24-8-7-16-26-19(28-27-16)15-4-3-11-32-15)25-9-10-29-20(30)17-13-5-6-14(12-13)18(17)21(29)31;/h3-6,11,13-14,17-18H,2,7-10,12H2,1H3,(H2,23,24,25)(H,26,27,28);1H. The Labute approximate surface area is 208 Å².